The van der Waals surface area contributed by atoms with Crippen LogP contribution in [0.1, 0.15) is 32.8 Å². The molecule has 1 heterocycles. The average molecular weight is 305 g/mol. The maximum absolute atomic E-state index is 12.2. The van der Waals surface area contributed by atoms with Gasteiger partial charge in [0.1, 0.15) is 25.3 Å². The molecule has 0 aliphatic carbocycles. The Morgan fingerprint density at radius 1 is 1.27 bits per heavy atom. The largest absolute Gasteiger partial charge is 0.364 e. The molecule has 4 heteroatoms. The van der Waals surface area contributed by atoms with Crippen molar-refractivity contribution < 1.29 is 14.4 Å². The lowest BCUT2D eigenvalue weighted by molar-refractivity contribution is -0.907. The highest BCUT2D eigenvalue weighted by atomic mass is 16.5. The van der Waals surface area contributed by atoms with Gasteiger partial charge in [-0.05, 0) is 39.2 Å². The molecule has 4 nitrogen and oxygen atoms in total. The molecule has 22 heavy (non-hydrogen) atoms. The van der Waals surface area contributed by atoms with Crippen molar-refractivity contribution >= 4 is 5.91 Å². The summed E-state index contributed by atoms with van der Waals surface area (Å²) >= 11 is 0. The maximum Gasteiger partial charge on any atom is 0.275 e. The molecule has 4 atom stereocenters. The first-order chi connectivity index (χ1) is 10.5. The number of hydrogen-bond acceptors (Lipinski definition) is 2. The molecule has 0 spiro atoms. The van der Waals surface area contributed by atoms with E-state index in [2.05, 4.69) is 50.4 Å². The van der Waals surface area contributed by atoms with Crippen LogP contribution in [0.25, 0.3) is 0 Å². The van der Waals surface area contributed by atoms with Crippen molar-refractivity contribution in [1.29, 1.82) is 0 Å². The molecule has 1 aromatic carbocycles. The summed E-state index contributed by atoms with van der Waals surface area (Å²) in [5, 5.41) is 3.13. The van der Waals surface area contributed by atoms with Crippen molar-refractivity contribution in [2.45, 2.75) is 51.9 Å². The number of morpholine rings is 1. The second-order valence-corrected chi connectivity index (χ2v) is 6.59. The number of aryl methyl sites for hydroxylation is 1. The molecule has 1 saturated heterocycles. The Labute approximate surface area is 133 Å². The van der Waals surface area contributed by atoms with Crippen LogP contribution < -0.4 is 10.2 Å². The predicted octanol–water partition coefficient (Wildman–Crippen LogP) is 0.816. The van der Waals surface area contributed by atoms with Gasteiger partial charge in [0.05, 0.1) is 0 Å². The van der Waals surface area contributed by atoms with E-state index < -0.39 is 0 Å². The smallest absolute Gasteiger partial charge is 0.275 e. The van der Waals surface area contributed by atoms with E-state index in [9.17, 15) is 4.79 Å². The summed E-state index contributed by atoms with van der Waals surface area (Å²) in [4.78, 5) is 13.5. The molecule has 2 N–H and O–H groups in total. The van der Waals surface area contributed by atoms with Crippen molar-refractivity contribution in [3.05, 3.63) is 35.9 Å². The molecule has 122 valence electrons. The van der Waals surface area contributed by atoms with Gasteiger partial charge < -0.3 is 15.0 Å². The minimum absolute atomic E-state index is 0.150. The second-order valence-electron chi connectivity index (χ2n) is 6.59. The van der Waals surface area contributed by atoms with Gasteiger partial charge in [0, 0.05) is 6.04 Å². The summed E-state index contributed by atoms with van der Waals surface area (Å²) in [5.41, 5.74) is 1.32. The number of benzene rings is 1. The minimum Gasteiger partial charge on any atom is -0.364 e. The van der Waals surface area contributed by atoms with Crippen LogP contribution >= 0.6 is 0 Å². The molecule has 1 aliphatic heterocycles. The normalized spacial score (nSPS) is 26.4. The third-order valence-corrected chi connectivity index (χ3v) is 4.14. The van der Waals surface area contributed by atoms with E-state index in [0.717, 1.165) is 25.9 Å². The minimum atomic E-state index is 0.150. The standard InChI is InChI=1S/C18H28N2O2/c1-14(9-10-17-7-5-4-6-8-17)19-18(21)13-20-11-15(2)22-16(3)12-20/h4-8,14-16H,9-13H2,1-3H3,(H,19,21)/p+1/t14-,15-,16+/m1/s1. The van der Waals surface area contributed by atoms with E-state index in [0.29, 0.717) is 6.54 Å². The Hall–Kier alpha value is -1.39. The summed E-state index contributed by atoms with van der Waals surface area (Å²) in [5.74, 6) is 0.150. The molecule has 0 aromatic heterocycles. The number of ether oxygens (including phenoxy) is 1. The van der Waals surface area contributed by atoms with Gasteiger partial charge in [0.25, 0.3) is 5.91 Å². The fourth-order valence-corrected chi connectivity index (χ4v) is 3.19. The van der Waals surface area contributed by atoms with Crippen LogP contribution in [0.4, 0.5) is 0 Å². The summed E-state index contributed by atoms with van der Waals surface area (Å²) in [6, 6.07) is 10.6. The average Bonchev–Trinajstić information content (AvgIpc) is 2.45. The van der Waals surface area contributed by atoms with E-state index in [1.54, 1.807) is 0 Å². The van der Waals surface area contributed by atoms with Gasteiger partial charge in [-0.3, -0.25) is 4.79 Å². The highest BCUT2D eigenvalue weighted by molar-refractivity contribution is 5.77. The Morgan fingerprint density at radius 3 is 2.55 bits per heavy atom. The van der Waals surface area contributed by atoms with Crippen LogP contribution in [-0.2, 0) is 16.0 Å². The molecule has 1 aliphatic rings. The van der Waals surface area contributed by atoms with Crippen LogP contribution in [0.2, 0.25) is 0 Å². The molecule has 2 rings (SSSR count). The van der Waals surface area contributed by atoms with Crippen LogP contribution in [-0.4, -0.2) is 43.8 Å². The van der Waals surface area contributed by atoms with Crippen molar-refractivity contribution in [3.8, 4) is 0 Å². The monoisotopic (exact) mass is 305 g/mol. The zero-order valence-electron chi connectivity index (χ0n) is 14.0. The molecular weight excluding hydrogens is 276 g/mol. The highest BCUT2D eigenvalue weighted by Gasteiger charge is 2.27. The van der Waals surface area contributed by atoms with E-state index >= 15 is 0 Å². The number of nitrogens with one attached hydrogen (secondary N) is 2. The van der Waals surface area contributed by atoms with Crippen LogP contribution in [0, 0.1) is 0 Å². The number of amides is 1. The molecule has 0 saturated carbocycles. The molecule has 1 amide bonds. The number of carbonyl (C=O) groups excluding carboxylic acids is 1. The Balaban J connectivity index is 1.69. The Bertz CT molecular complexity index is 453. The van der Waals surface area contributed by atoms with Crippen LogP contribution in [0.3, 0.4) is 0 Å². The lowest BCUT2D eigenvalue weighted by Gasteiger charge is -2.32. The molecule has 1 fully saturated rings. The lowest BCUT2D eigenvalue weighted by atomic mass is 10.1. The quantitative estimate of drug-likeness (QED) is 0.817. The van der Waals surface area contributed by atoms with Crippen molar-refractivity contribution in [2.24, 2.45) is 0 Å². The third kappa shape index (κ3) is 5.78. The van der Waals surface area contributed by atoms with Gasteiger partial charge in [-0.1, -0.05) is 30.3 Å². The first-order valence-electron chi connectivity index (χ1n) is 8.35. The van der Waals surface area contributed by atoms with Crippen LogP contribution in [0.5, 0.6) is 0 Å². The zero-order chi connectivity index (χ0) is 15.9. The van der Waals surface area contributed by atoms with Crippen molar-refractivity contribution in [2.75, 3.05) is 19.6 Å². The van der Waals surface area contributed by atoms with E-state index in [1.807, 2.05) is 6.07 Å². The molecule has 1 unspecified atom stereocenters. The van der Waals surface area contributed by atoms with E-state index in [1.165, 1.54) is 10.5 Å². The number of quaternary nitrogens is 1. The van der Waals surface area contributed by atoms with Crippen molar-refractivity contribution in [3.63, 3.8) is 0 Å². The van der Waals surface area contributed by atoms with Crippen molar-refractivity contribution in [1.82, 2.24) is 5.32 Å². The zero-order valence-corrected chi connectivity index (χ0v) is 14.0. The Kier molecular flexibility index (Phi) is 6.40. The first kappa shape index (κ1) is 17.0. The first-order valence-corrected chi connectivity index (χ1v) is 8.35. The third-order valence-electron chi connectivity index (χ3n) is 4.14. The number of rotatable bonds is 6. The molecule has 0 radical (unpaired) electrons. The summed E-state index contributed by atoms with van der Waals surface area (Å²) in [6.45, 7) is 8.62. The molecule has 0 bridgehead atoms. The Morgan fingerprint density at radius 2 is 1.91 bits per heavy atom. The SMILES string of the molecule is C[C@H](CCc1ccccc1)NC(=O)C[NH+]1C[C@@H](C)O[C@@H](C)C1. The van der Waals surface area contributed by atoms with E-state index in [-0.39, 0.29) is 24.2 Å². The fraction of sp³-hybridized carbons (Fsp3) is 0.611. The molecular formula is C18H29N2O2+. The fourth-order valence-electron chi connectivity index (χ4n) is 3.19. The number of carbonyl (C=O) groups is 1. The van der Waals surface area contributed by atoms with Crippen LogP contribution in [0.15, 0.2) is 30.3 Å². The number of hydrogen-bond donors (Lipinski definition) is 2. The lowest BCUT2D eigenvalue weighted by Crippen LogP contribution is -3.16. The van der Waals surface area contributed by atoms with Gasteiger partial charge >= 0.3 is 0 Å². The topological polar surface area (TPSA) is 42.8 Å². The summed E-state index contributed by atoms with van der Waals surface area (Å²) in [7, 11) is 0. The van der Waals surface area contributed by atoms with Gasteiger partial charge in [-0.2, -0.15) is 0 Å². The summed E-state index contributed by atoms with van der Waals surface area (Å²) < 4.78 is 5.71. The van der Waals surface area contributed by atoms with Gasteiger partial charge in [-0.15, -0.1) is 0 Å². The van der Waals surface area contributed by atoms with Gasteiger partial charge in [0.2, 0.25) is 0 Å². The maximum atomic E-state index is 12.2. The summed E-state index contributed by atoms with van der Waals surface area (Å²) in [6.07, 6.45) is 2.45. The second kappa shape index (κ2) is 8.30. The van der Waals surface area contributed by atoms with Gasteiger partial charge in [-0.25, -0.2) is 0 Å². The molecule has 1 aromatic rings. The highest BCUT2D eigenvalue weighted by Crippen LogP contribution is 2.04. The van der Waals surface area contributed by atoms with Gasteiger partial charge in [0.15, 0.2) is 6.54 Å². The van der Waals surface area contributed by atoms with E-state index in [4.69, 9.17) is 4.74 Å². The predicted molar refractivity (Wildman–Crippen MR) is 87.9 cm³/mol.